The Balaban J connectivity index is 1.98. The van der Waals surface area contributed by atoms with Crippen LogP contribution in [-0.2, 0) is 7.05 Å². The van der Waals surface area contributed by atoms with E-state index >= 15 is 0 Å². The van der Waals surface area contributed by atoms with Crippen molar-refractivity contribution < 1.29 is 13.6 Å². The molecule has 0 aliphatic carbocycles. The first-order valence-electron chi connectivity index (χ1n) is 7.34. The van der Waals surface area contributed by atoms with Crippen LogP contribution in [0.5, 0.6) is 0 Å². The number of nitrogens with zero attached hydrogens (tertiary/aromatic N) is 2. The molecular weight excluding hydrogens is 312 g/mol. The van der Waals surface area contributed by atoms with Gasteiger partial charge in [-0.05, 0) is 24.3 Å². The molecule has 1 unspecified atom stereocenters. The summed E-state index contributed by atoms with van der Waals surface area (Å²) in [4.78, 5) is 16.7. The van der Waals surface area contributed by atoms with Crippen molar-refractivity contribution in [2.45, 2.75) is 6.04 Å². The highest BCUT2D eigenvalue weighted by molar-refractivity contribution is 5.94. The van der Waals surface area contributed by atoms with Gasteiger partial charge in [0.15, 0.2) is 0 Å². The topological polar surface area (TPSA) is 46.9 Å². The lowest BCUT2D eigenvalue weighted by atomic mass is 10.0. The van der Waals surface area contributed by atoms with Crippen LogP contribution in [-0.4, -0.2) is 15.5 Å². The molecule has 0 aliphatic heterocycles. The van der Waals surface area contributed by atoms with Gasteiger partial charge >= 0.3 is 0 Å². The average Bonchev–Trinajstić information content (AvgIpc) is 2.99. The van der Waals surface area contributed by atoms with Gasteiger partial charge < -0.3 is 9.88 Å². The van der Waals surface area contributed by atoms with Gasteiger partial charge in [-0.2, -0.15) is 0 Å². The molecular formula is C18H15F2N3O. The van der Waals surface area contributed by atoms with Crippen LogP contribution in [0.25, 0.3) is 0 Å². The van der Waals surface area contributed by atoms with Crippen molar-refractivity contribution in [3.63, 3.8) is 0 Å². The number of imidazole rings is 1. The van der Waals surface area contributed by atoms with Gasteiger partial charge in [0.25, 0.3) is 5.91 Å². The Hall–Kier alpha value is -3.02. The summed E-state index contributed by atoms with van der Waals surface area (Å²) >= 11 is 0. The third-order valence-corrected chi connectivity index (χ3v) is 3.70. The van der Waals surface area contributed by atoms with Crippen LogP contribution in [0.15, 0.2) is 60.9 Å². The Morgan fingerprint density at radius 1 is 1.17 bits per heavy atom. The van der Waals surface area contributed by atoms with Crippen molar-refractivity contribution >= 4 is 5.91 Å². The van der Waals surface area contributed by atoms with E-state index in [0.717, 1.165) is 6.07 Å². The number of carbonyl (C=O) groups excluding carboxylic acids is 1. The van der Waals surface area contributed by atoms with Gasteiger partial charge in [-0.25, -0.2) is 13.8 Å². The average molecular weight is 327 g/mol. The van der Waals surface area contributed by atoms with Crippen molar-refractivity contribution in [2.24, 2.45) is 7.05 Å². The maximum Gasteiger partial charge on any atom is 0.252 e. The molecule has 0 saturated carbocycles. The summed E-state index contributed by atoms with van der Waals surface area (Å²) in [6.07, 6.45) is 3.27. The van der Waals surface area contributed by atoms with Crippen LogP contribution in [0, 0.1) is 11.6 Å². The number of hydrogen-bond acceptors (Lipinski definition) is 2. The van der Waals surface area contributed by atoms with E-state index in [4.69, 9.17) is 0 Å². The third kappa shape index (κ3) is 3.17. The van der Waals surface area contributed by atoms with Crippen molar-refractivity contribution in [3.05, 3.63) is 89.5 Å². The molecule has 3 rings (SSSR count). The monoisotopic (exact) mass is 327 g/mol. The van der Waals surface area contributed by atoms with Gasteiger partial charge in [-0.3, -0.25) is 4.79 Å². The predicted molar refractivity (Wildman–Crippen MR) is 85.3 cm³/mol. The molecule has 0 fully saturated rings. The first kappa shape index (κ1) is 15.9. The fourth-order valence-corrected chi connectivity index (χ4v) is 2.49. The molecule has 1 aromatic heterocycles. The normalized spacial score (nSPS) is 12.0. The summed E-state index contributed by atoms with van der Waals surface area (Å²) in [7, 11) is 1.75. The van der Waals surface area contributed by atoms with Crippen molar-refractivity contribution in [3.8, 4) is 0 Å². The third-order valence-electron chi connectivity index (χ3n) is 3.70. The minimum Gasteiger partial charge on any atom is -0.338 e. The standard InChI is InChI=1S/C18H15F2N3O/c1-23-10-9-21-17(23)16(14-7-2-3-8-15(14)20)22-18(24)12-5-4-6-13(19)11-12/h2-11,16H,1H3,(H,22,24). The summed E-state index contributed by atoms with van der Waals surface area (Å²) in [5.41, 5.74) is 0.446. The molecule has 1 heterocycles. The Labute approximate surface area is 137 Å². The summed E-state index contributed by atoms with van der Waals surface area (Å²) in [5, 5.41) is 2.73. The second-order valence-electron chi connectivity index (χ2n) is 5.33. The molecule has 1 amide bonds. The Kier molecular flexibility index (Phi) is 4.37. The number of nitrogens with one attached hydrogen (secondary N) is 1. The minimum absolute atomic E-state index is 0.158. The molecule has 0 saturated heterocycles. The molecule has 122 valence electrons. The lowest BCUT2D eigenvalue weighted by molar-refractivity contribution is 0.0940. The molecule has 2 aromatic carbocycles. The fraction of sp³-hybridized carbons (Fsp3) is 0.111. The zero-order valence-corrected chi connectivity index (χ0v) is 12.9. The van der Waals surface area contributed by atoms with Crippen LogP contribution in [0.4, 0.5) is 8.78 Å². The Bertz CT molecular complexity index is 876. The quantitative estimate of drug-likeness (QED) is 0.800. The predicted octanol–water partition coefficient (Wildman–Crippen LogP) is 3.22. The molecule has 3 aromatic rings. The maximum absolute atomic E-state index is 14.2. The Morgan fingerprint density at radius 3 is 2.62 bits per heavy atom. The van der Waals surface area contributed by atoms with Gasteiger partial charge in [0.05, 0.1) is 0 Å². The van der Waals surface area contributed by atoms with E-state index in [1.54, 1.807) is 42.2 Å². The van der Waals surface area contributed by atoms with E-state index in [0.29, 0.717) is 5.82 Å². The van der Waals surface area contributed by atoms with Gasteiger partial charge in [-0.15, -0.1) is 0 Å². The second-order valence-corrected chi connectivity index (χ2v) is 5.33. The van der Waals surface area contributed by atoms with Crippen LogP contribution in [0.2, 0.25) is 0 Å². The van der Waals surface area contributed by atoms with E-state index in [9.17, 15) is 13.6 Å². The molecule has 0 aliphatic rings. The highest BCUT2D eigenvalue weighted by atomic mass is 19.1. The summed E-state index contributed by atoms with van der Waals surface area (Å²) in [6, 6.07) is 10.7. The van der Waals surface area contributed by atoms with Crippen molar-refractivity contribution in [2.75, 3.05) is 0 Å². The summed E-state index contributed by atoms with van der Waals surface area (Å²) < 4.78 is 29.3. The SMILES string of the molecule is Cn1ccnc1C(NC(=O)c1cccc(F)c1)c1ccccc1F. The van der Waals surface area contributed by atoms with Crippen LogP contribution in [0.3, 0.4) is 0 Å². The second kappa shape index (κ2) is 6.62. The molecule has 1 atom stereocenters. The van der Waals surface area contributed by atoms with E-state index in [-0.39, 0.29) is 11.1 Å². The van der Waals surface area contributed by atoms with Gasteiger partial charge in [0.2, 0.25) is 0 Å². The number of amides is 1. The lowest BCUT2D eigenvalue weighted by Crippen LogP contribution is -2.31. The lowest BCUT2D eigenvalue weighted by Gasteiger charge is -2.19. The zero-order valence-electron chi connectivity index (χ0n) is 12.9. The number of aryl methyl sites for hydroxylation is 1. The maximum atomic E-state index is 14.2. The molecule has 0 radical (unpaired) electrons. The minimum atomic E-state index is -0.790. The van der Waals surface area contributed by atoms with Crippen LogP contribution < -0.4 is 5.32 Å². The molecule has 1 N–H and O–H groups in total. The fourth-order valence-electron chi connectivity index (χ4n) is 2.49. The number of halogens is 2. The molecule has 4 nitrogen and oxygen atoms in total. The highest BCUT2D eigenvalue weighted by Gasteiger charge is 2.24. The number of aromatic nitrogens is 2. The largest absolute Gasteiger partial charge is 0.338 e. The van der Waals surface area contributed by atoms with E-state index < -0.39 is 23.6 Å². The smallest absolute Gasteiger partial charge is 0.252 e. The zero-order chi connectivity index (χ0) is 17.1. The Morgan fingerprint density at radius 2 is 1.96 bits per heavy atom. The van der Waals surface area contributed by atoms with Crippen LogP contribution >= 0.6 is 0 Å². The first-order valence-corrected chi connectivity index (χ1v) is 7.34. The number of hydrogen-bond donors (Lipinski definition) is 1. The van der Waals surface area contributed by atoms with E-state index in [1.165, 1.54) is 24.3 Å². The van der Waals surface area contributed by atoms with Gasteiger partial charge in [0, 0.05) is 30.6 Å². The number of rotatable bonds is 4. The van der Waals surface area contributed by atoms with Gasteiger partial charge in [0.1, 0.15) is 23.5 Å². The molecule has 0 bridgehead atoms. The first-order chi connectivity index (χ1) is 11.6. The number of carbonyl (C=O) groups is 1. The summed E-state index contributed by atoms with van der Waals surface area (Å²) in [6.45, 7) is 0. The van der Waals surface area contributed by atoms with Crippen molar-refractivity contribution in [1.29, 1.82) is 0 Å². The molecule has 6 heteroatoms. The van der Waals surface area contributed by atoms with Gasteiger partial charge in [-0.1, -0.05) is 24.3 Å². The van der Waals surface area contributed by atoms with E-state index in [2.05, 4.69) is 10.3 Å². The van der Waals surface area contributed by atoms with Crippen molar-refractivity contribution in [1.82, 2.24) is 14.9 Å². The molecule has 24 heavy (non-hydrogen) atoms. The highest BCUT2D eigenvalue weighted by Crippen LogP contribution is 2.23. The summed E-state index contributed by atoms with van der Waals surface area (Å²) in [5.74, 6) is -0.997. The molecule has 0 spiro atoms. The van der Waals surface area contributed by atoms with E-state index in [1.807, 2.05) is 0 Å². The number of benzene rings is 2. The van der Waals surface area contributed by atoms with Crippen LogP contribution in [0.1, 0.15) is 27.8 Å².